The van der Waals surface area contributed by atoms with Crippen molar-refractivity contribution in [2.45, 2.75) is 0 Å². The Morgan fingerprint density at radius 3 is 3.06 bits per heavy atom. The minimum atomic E-state index is 0.397. The zero-order valence-corrected chi connectivity index (χ0v) is 9.62. The summed E-state index contributed by atoms with van der Waals surface area (Å²) in [7, 11) is 0. The standard InChI is InChI=1S/C11H5BrN4/c1-13-9-3-2-8-10(16-9)7-4-6(12)5-14-11(7)15-8/h2-5H,(H,14,15). The fourth-order valence-corrected chi connectivity index (χ4v) is 2.00. The lowest BCUT2D eigenvalue weighted by Crippen LogP contribution is -1.75. The minimum Gasteiger partial charge on any atom is -0.361 e. The summed E-state index contributed by atoms with van der Waals surface area (Å²) in [6.45, 7) is 6.95. The van der Waals surface area contributed by atoms with Gasteiger partial charge in [0.1, 0.15) is 5.65 Å². The first kappa shape index (κ1) is 9.31. The van der Waals surface area contributed by atoms with Gasteiger partial charge in [-0.15, -0.1) is 4.98 Å². The molecule has 0 unspecified atom stereocenters. The number of pyridine rings is 2. The van der Waals surface area contributed by atoms with Gasteiger partial charge in [0.25, 0.3) is 5.82 Å². The first-order valence-electron chi connectivity index (χ1n) is 4.59. The lowest BCUT2D eigenvalue weighted by molar-refractivity contribution is 1.33. The summed E-state index contributed by atoms with van der Waals surface area (Å²) in [5.74, 6) is 0.397. The fourth-order valence-electron chi connectivity index (χ4n) is 1.66. The van der Waals surface area contributed by atoms with Crippen LogP contribution in [0.2, 0.25) is 0 Å². The monoisotopic (exact) mass is 272 g/mol. The Kier molecular flexibility index (Phi) is 1.91. The van der Waals surface area contributed by atoms with Crippen molar-refractivity contribution in [1.82, 2.24) is 15.0 Å². The molecule has 3 heterocycles. The molecule has 5 heteroatoms. The second-order valence-electron chi connectivity index (χ2n) is 3.35. The van der Waals surface area contributed by atoms with Crippen LogP contribution in [0.15, 0.2) is 28.9 Å². The molecule has 0 saturated carbocycles. The largest absolute Gasteiger partial charge is 0.361 e. The molecule has 1 N–H and O–H groups in total. The van der Waals surface area contributed by atoms with E-state index in [0.717, 1.165) is 26.5 Å². The third-order valence-corrected chi connectivity index (χ3v) is 2.79. The van der Waals surface area contributed by atoms with Crippen LogP contribution in [0, 0.1) is 6.57 Å². The smallest absolute Gasteiger partial charge is 0.270 e. The molecule has 3 aromatic rings. The second kappa shape index (κ2) is 3.29. The van der Waals surface area contributed by atoms with Gasteiger partial charge >= 0.3 is 0 Å². The first-order chi connectivity index (χ1) is 7.78. The maximum atomic E-state index is 6.95. The highest BCUT2D eigenvalue weighted by atomic mass is 79.9. The zero-order chi connectivity index (χ0) is 11.1. The van der Waals surface area contributed by atoms with E-state index >= 15 is 0 Å². The minimum absolute atomic E-state index is 0.397. The van der Waals surface area contributed by atoms with Gasteiger partial charge in [0, 0.05) is 10.7 Å². The molecule has 16 heavy (non-hydrogen) atoms. The number of fused-ring (bicyclic) bond motifs is 3. The van der Waals surface area contributed by atoms with E-state index in [1.54, 1.807) is 12.3 Å². The van der Waals surface area contributed by atoms with Crippen LogP contribution in [0.5, 0.6) is 0 Å². The molecule has 3 rings (SSSR count). The third kappa shape index (κ3) is 1.27. The molecule has 0 radical (unpaired) electrons. The van der Waals surface area contributed by atoms with E-state index in [1.807, 2.05) is 12.1 Å². The normalized spacial score (nSPS) is 10.8. The lowest BCUT2D eigenvalue weighted by atomic mass is 10.3. The van der Waals surface area contributed by atoms with Crippen LogP contribution >= 0.6 is 15.9 Å². The van der Waals surface area contributed by atoms with Crippen LogP contribution < -0.4 is 0 Å². The second-order valence-corrected chi connectivity index (χ2v) is 4.27. The molecule has 0 atom stereocenters. The predicted octanol–water partition coefficient (Wildman–Crippen LogP) is 3.42. The Bertz CT molecular complexity index is 739. The summed E-state index contributed by atoms with van der Waals surface area (Å²) in [4.78, 5) is 15.0. The van der Waals surface area contributed by atoms with Crippen LogP contribution in [-0.4, -0.2) is 15.0 Å². The SMILES string of the molecule is [C-]#[N+]c1ccc2[nH]c3ncc(Br)cc3c2n1. The number of rotatable bonds is 0. The van der Waals surface area contributed by atoms with E-state index in [9.17, 15) is 0 Å². The van der Waals surface area contributed by atoms with Crippen LogP contribution in [0.3, 0.4) is 0 Å². The molecule has 76 valence electrons. The van der Waals surface area contributed by atoms with Gasteiger partial charge in [-0.1, -0.05) is 6.57 Å². The number of aromatic amines is 1. The Morgan fingerprint density at radius 2 is 2.25 bits per heavy atom. The van der Waals surface area contributed by atoms with Gasteiger partial charge in [-0.2, -0.15) is 0 Å². The van der Waals surface area contributed by atoms with Gasteiger partial charge in [-0.25, -0.2) is 4.98 Å². The van der Waals surface area contributed by atoms with Crippen molar-refractivity contribution in [2.24, 2.45) is 0 Å². The predicted molar refractivity (Wildman–Crippen MR) is 65.4 cm³/mol. The van der Waals surface area contributed by atoms with Crippen molar-refractivity contribution in [3.05, 3.63) is 40.3 Å². The highest BCUT2D eigenvalue weighted by Crippen LogP contribution is 2.26. The van der Waals surface area contributed by atoms with E-state index in [2.05, 4.69) is 35.7 Å². The molecular formula is C11H5BrN4. The maximum Gasteiger partial charge on any atom is 0.270 e. The van der Waals surface area contributed by atoms with Gasteiger partial charge in [-0.3, -0.25) is 0 Å². The van der Waals surface area contributed by atoms with Crippen LogP contribution in [0.1, 0.15) is 0 Å². The molecule has 4 nitrogen and oxygen atoms in total. The van der Waals surface area contributed by atoms with Crippen molar-refractivity contribution in [1.29, 1.82) is 0 Å². The molecule has 0 saturated heterocycles. The summed E-state index contributed by atoms with van der Waals surface area (Å²) in [5.41, 5.74) is 2.47. The average molecular weight is 273 g/mol. The summed E-state index contributed by atoms with van der Waals surface area (Å²) < 4.78 is 0.899. The number of nitrogens with one attached hydrogen (secondary N) is 1. The van der Waals surface area contributed by atoms with Crippen molar-refractivity contribution in [3.8, 4) is 0 Å². The summed E-state index contributed by atoms with van der Waals surface area (Å²) >= 11 is 3.37. The quantitative estimate of drug-likeness (QED) is 0.638. The van der Waals surface area contributed by atoms with Crippen molar-refractivity contribution in [2.75, 3.05) is 0 Å². The maximum absolute atomic E-state index is 6.95. The Balaban J connectivity index is 2.50. The third-order valence-electron chi connectivity index (χ3n) is 2.36. The van der Waals surface area contributed by atoms with Crippen molar-refractivity contribution in [3.63, 3.8) is 0 Å². The molecule has 0 aliphatic carbocycles. The molecule has 0 amide bonds. The summed E-state index contributed by atoms with van der Waals surface area (Å²) in [6.07, 6.45) is 1.73. The number of hydrogen-bond acceptors (Lipinski definition) is 2. The zero-order valence-electron chi connectivity index (χ0n) is 8.03. The van der Waals surface area contributed by atoms with Gasteiger partial charge in [0.2, 0.25) is 0 Å². The summed E-state index contributed by atoms with van der Waals surface area (Å²) in [6, 6.07) is 5.49. The molecular weight excluding hydrogens is 268 g/mol. The molecule has 0 aromatic carbocycles. The molecule has 0 bridgehead atoms. The van der Waals surface area contributed by atoms with E-state index in [4.69, 9.17) is 6.57 Å². The molecule has 0 fully saturated rings. The topological polar surface area (TPSA) is 45.9 Å². The molecule has 0 aliphatic heterocycles. The van der Waals surface area contributed by atoms with Crippen molar-refractivity contribution < 1.29 is 0 Å². The Hall–Kier alpha value is -1.93. The van der Waals surface area contributed by atoms with E-state index in [-0.39, 0.29) is 0 Å². The lowest BCUT2D eigenvalue weighted by Gasteiger charge is -1.89. The van der Waals surface area contributed by atoms with E-state index in [0.29, 0.717) is 5.82 Å². The number of nitrogens with zero attached hydrogens (tertiary/aromatic N) is 3. The molecule has 0 spiro atoms. The Morgan fingerprint density at radius 1 is 1.38 bits per heavy atom. The van der Waals surface area contributed by atoms with Gasteiger partial charge < -0.3 is 9.83 Å². The first-order valence-corrected chi connectivity index (χ1v) is 5.38. The number of hydrogen-bond donors (Lipinski definition) is 1. The van der Waals surface area contributed by atoms with Crippen molar-refractivity contribution >= 4 is 43.8 Å². The average Bonchev–Trinajstić information content (AvgIpc) is 2.66. The summed E-state index contributed by atoms with van der Waals surface area (Å²) in [5, 5.41) is 0.926. The fraction of sp³-hybridized carbons (Fsp3) is 0. The molecule has 0 aliphatic rings. The van der Waals surface area contributed by atoms with Crippen LogP contribution in [0.25, 0.3) is 26.9 Å². The van der Waals surface area contributed by atoms with Crippen LogP contribution in [0.4, 0.5) is 5.82 Å². The van der Waals surface area contributed by atoms with Crippen LogP contribution in [-0.2, 0) is 0 Å². The number of aromatic nitrogens is 3. The number of halogens is 1. The highest BCUT2D eigenvalue weighted by Gasteiger charge is 2.10. The van der Waals surface area contributed by atoms with Gasteiger partial charge in [0.15, 0.2) is 5.52 Å². The number of H-pyrrole nitrogens is 1. The highest BCUT2D eigenvalue weighted by molar-refractivity contribution is 9.10. The van der Waals surface area contributed by atoms with E-state index in [1.165, 1.54) is 0 Å². The van der Waals surface area contributed by atoms with Gasteiger partial charge in [-0.05, 0) is 34.1 Å². The van der Waals surface area contributed by atoms with E-state index < -0.39 is 0 Å². The Labute approximate surface area is 99.3 Å². The van der Waals surface area contributed by atoms with Gasteiger partial charge in [0.05, 0.1) is 10.9 Å². The molecule has 3 aromatic heterocycles.